The topological polar surface area (TPSA) is 63.1 Å². The van der Waals surface area contributed by atoms with E-state index in [2.05, 4.69) is 4.99 Å². The molecular weight excluding hydrogens is 184 g/mol. The highest BCUT2D eigenvalue weighted by atomic mass is 16.5. The van der Waals surface area contributed by atoms with Gasteiger partial charge in [0.25, 0.3) is 0 Å². The fraction of sp³-hybridized carbons (Fsp3) is 0.222. The van der Waals surface area contributed by atoms with Gasteiger partial charge in [0.1, 0.15) is 12.0 Å². The van der Waals surface area contributed by atoms with E-state index in [1.54, 1.807) is 25.3 Å². The first-order valence-electron chi connectivity index (χ1n) is 3.96. The molecule has 0 aliphatic rings. The zero-order valence-electron chi connectivity index (χ0n) is 8.02. The van der Waals surface area contributed by atoms with Crippen molar-refractivity contribution in [3.8, 4) is 11.5 Å². The molecule has 0 aliphatic heterocycles. The monoisotopic (exact) mass is 196 g/mol. The fourth-order valence-corrected chi connectivity index (χ4v) is 1.07. The van der Waals surface area contributed by atoms with E-state index in [1.165, 1.54) is 7.11 Å². The number of hydrogen-bond acceptors (Lipinski definition) is 4. The zero-order chi connectivity index (χ0) is 10.4. The Kier molecular flexibility index (Phi) is 3.75. The summed E-state index contributed by atoms with van der Waals surface area (Å²) >= 11 is 0. The lowest BCUT2D eigenvalue weighted by Gasteiger charge is -2.08. The molecule has 5 heteroatoms. The Morgan fingerprint density at radius 3 is 2.71 bits per heavy atom. The van der Waals surface area contributed by atoms with Crippen LogP contribution in [-0.2, 0) is 0 Å². The van der Waals surface area contributed by atoms with E-state index in [4.69, 9.17) is 14.7 Å². The molecule has 0 fully saturated rings. The summed E-state index contributed by atoms with van der Waals surface area (Å²) in [6, 6.07) is 5.30. The Labute approximate surface area is 81.9 Å². The number of methoxy groups -OCH3 is 2. The molecule has 0 radical (unpaired) electrons. The Balaban J connectivity index is 3.08. The number of rotatable bonds is 4. The van der Waals surface area contributed by atoms with Crippen molar-refractivity contribution in [3.05, 3.63) is 18.2 Å². The highest BCUT2D eigenvalue weighted by Crippen LogP contribution is 2.36. The smallest absolute Gasteiger partial charge is 0.186 e. The molecule has 0 aliphatic carbocycles. The summed E-state index contributed by atoms with van der Waals surface area (Å²) in [4.78, 5) is 3.91. The number of hydroxylamine groups is 1. The number of hydrogen-bond donors (Lipinski definition) is 2. The zero-order valence-corrected chi connectivity index (χ0v) is 8.02. The second-order valence-corrected chi connectivity index (χ2v) is 2.40. The van der Waals surface area contributed by atoms with Gasteiger partial charge in [0.2, 0.25) is 0 Å². The van der Waals surface area contributed by atoms with Gasteiger partial charge in [-0.1, -0.05) is 6.07 Å². The molecule has 0 saturated carbocycles. The van der Waals surface area contributed by atoms with Crippen LogP contribution < -0.4 is 15.0 Å². The maximum atomic E-state index is 8.35. The minimum atomic E-state index is 0.529. The number of nitrogens with zero attached hydrogens (tertiary/aromatic N) is 1. The molecule has 2 N–H and O–H groups in total. The maximum Gasteiger partial charge on any atom is 0.186 e. The van der Waals surface area contributed by atoms with Crippen molar-refractivity contribution in [3.63, 3.8) is 0 Å². The average molecular weight is 196 g/mol. The third kappa shape index (κ3) is 2.14. The molecule has 5 nitrogen and oxygen atoms in total. The van der Waals surface area contributed by atoms with Crippen molar-refractivity contribution < 1.29 is 14.7 Å². The molecule has 1 aromatic rings. The molecule has 76 valence electrons. The van der Waals surface area contributed by atoms with Gasteiger partial charge >= 0.3 is 0 Å². The summed E-state index contributed by atoms with van der Waals surface area (Å²) in [5.41, 5.74) is 2.39. The Morgan fingerprint density at radius 1 is 1.36 bits per heavy atom. The lowest BCUT2D eigenvalue weighted by atomic mass is 10.3. The van der Waals surface area contributed by atoms with E-state index in [9.17, 15) is 0 Å². The predicted molar refractivity (Wildman–Crippen MR) is 52.6 cm³/mol. The number of para-hydroxylation sites is 1. The summed E-state index contributed by atoms with van der Waals surface area (Å²) in [7, 11) is 3.08. The molecule has 0 bridgehead atoms. The number of nitrogens with one attached hydrogen (secondary N) is 1. The van der Waals surface area contributed by atoms with Crippen LogP contribution >= 0.6 is 0 Å². The lowest BCUT2D eigenvalue weighted by molar-refractivity contribution is 0.240. The summed E-state index contributed by atoms with van der Waals surface area (Å²) < 4.78 is 10.2. The van der Waals surface area contributed by atoms with E-state index >= 15 is 0 Å². The van der Waals surface area contributed by atoms with Gasteiger partial charge in [-0.15, -0.1) is 0 Å². The van der Waals surface area contributed by atoms with Crippen LogP contribution in [0.5, 0.6) is 11.5 Å². The predicted octanol–water partition coefficient (Wildman–Crippen LogP) is 1.34. The van der Waals surface area contributed by atoms with Gasteiger partial charge in [-0.2, -0.15) is 0 Å². The number of benzene rings is 1. The Morgan fingerprint density at radius 2 is 2.14 bits per heavy atom. The van der Waals surface area contributed by atoms with Crippen molar-refractivity contribution in [2.24, 2.45) is 4.99 Å². The van der Waals surface area contributed by atoms with Crippen LogP contribution in [0.15, 0.2) is 23.2 Å². The summed E-state index contributed by atoms with van der Waals surface area (Å²) in [5.74, 6) is 1.13. The second-order valence-electron chi connectivity index (χ2n) is 2.40. The molecule has 0 spiro atoms. The van der Waals surface area contributed by atoms with Gasteiger partial charge in [0.15, 0.2) is 11.5 Å². The van der Waals surface area contributed by atoms with Crippen molar-refractivity contribution in [1.29, 1.82) is 0 Å². The van der Waals surface area contributed by atoms with Gasteiger partial charge in [0, 0.05) is 0 Å². The normalized spacial score (nSPS) is 10.2. The first kappa shape index (κ1) is 10.3. The van der Waals surface area contributed by atoms with Crippen LogP contribution in [0.25, 0.3) is 0 Å². The van der Waals surface area contributed by atoms with Gasteiger partial charge in [0.05, 0.1) is 14.2 Å². The summed E-state index contributed by atoms with van der Waals surface area (Å²) in [6.07, 6.45) is 1.15. The molecule has 0 atom stereocenters. The van der Waals surface area contributed by atoms with E-state index in [0.717, 1.165) is 6.34 Å². The van der Waals surface area contributed by atoms with Crippen LogP contribution in [0.1, 0.15) is 0 Å². The second kappa shape index (κ2) is 5.08. The van der Waals surface area contributed by atoms with Gasteiger partial charge in [-0.25, -0.2) is 4.99 Å². The van der Waals surface area contributed by atoms with Crippen molar-refractivity contribution in [2.75, 3.05) is 14.2 Å². The fourth-order valence-electron chi connectivity index (χ4n) is 1.07. The number of ether oxygens (including phenoxy) is 2. The minimum absolute atomic E-state index is 0.529. The highest BCUT2D eigenvalue weighted by Gasteiger charge is 2.07. The summed E-state index contributed by atoms with van der Waals surface area (Å²) in [5, 5.41) is 8.35. The molecule has 0 saturated heterocycles. The molecule has 0 unspecified atom stereocenters. The van der Waals surface area contributed by atoms with Crippen LogP contribution in [0.4, 0.5) is 5.69 Å². The summed E-state index contributed by atoms with van der Waals surface area (Å²) in [6.45, 7) is 0. The molecule has 0 amide bonds. The largest absolute Gasteiger partial charge is 0.493 e. The van der Waals surface area contributed by atoms with Crippen molar-refractivity contribution >= 4 is 12.0 Å². The standard InChI is InChI=1S/C9H12N2O3/c1-13-8-5-3-4-7(9(8)14-2)10-6-11-12/h3-6,12H,1-2H3,(H,10,11). The number of aliphatic imine (C=N–C) groups is 1. The quantitative estimate of drug-likeness (QED) is 0.433. The van der Waals surface area contributed by atoms with Crippen LogP contribution in [0.2, 0.25) is 0 Å². The lowest BCUT2D eigenvalue weighted by Crippen LogP contribution is -2.01. The van der Waals surface area contributed by atoms with E-state index in [1.807, 2.05) is 5.48 Å². The molecule has 14 heavy (non-hydrogen) atoms. The first-order chi connectivity index (χ1) is 6.83. The highest BCUT2D eigenvalue weighted by molar-refractivity contribution is 5.67. The first-order valence-corrected chi connectivity index (χ1v) is 3.96. The molecule has 1 aromatic carbocycles. The van der Waals surface area contributed by atoms with Crippen molar-refractivity contribution in [1.82, 2.24) is 5.48 Å². The Bertz CT molecular complexity index is 326. The van der Waals surface area contributed by atoms with E-state index in [-0.39, 0.29) is 0 Å². The average Bonchev–Trinajstić information content (AvgIpc) is 2.25. The van der Waals surface area contributed by atoms with Crippen LogP contribution in [0, 0.1) is 0 Å². The maximum absolute atomic E-state index is 8.35. The SMILES string of the molecule is COc1cccc(N=CNO)c1OC. The van der Waals surface area contributed by atoms with E-state index < -0.39 is 0 Å². The molecule has 0 heterocycles. The van der Waals surface area contributed by atoms with Gasteiger partial charge < -0.3 is 9.47 Å². The van der Waals surface area contributed by atoms with E-state index in [0.29, 0.717) is 17.2 Å². The van der Waals surface area contributed by atoms with Crippen LogP contribution in [-0.4, -0.2) is 25.8 Å². The third-order valence-corrected chi connectivity index (χ3v) is 1.64. The van der Waals surface area contributed by atoms with Crippen molar-refractivity contribution in [2.45, 2.75) is 0 Å². The van der Waals surface area contributed by atoms with Gasteiger partial charge in [-0.3, -0.25) is 10.7 Å². The Hall–Kier alpha value is -1.75. The molecular formula is C9H12N2O3. The minimum Gasteiger partial charge on any atom is -0.493 e. The van der Waals surface area contributed by atoms with Gasteiger partial charge in [-0.05, 0) is 12.1 Å². The third-order valence-electron chi connectivity index (χ3n) is 1.64. The molecule has 1 rings (SSSR count). The van der Waals surface area contributed by atoms with Crippen LogP contribution in [0.3, 0.4) is 0 Å². The molecule has 0 aromatic heterocycles.